The van der Waals surface area contributed by atoms with Crippen molar-refractivity contribution in [3.63, 3.8) is 0 Å². The van der Waals surface area contributed by atoms with E-state index in [9.17, 15) is 19.3 Å². The fraction of sp³-hybridized carbons (Fsp3) is 0.364. The van der Waals surface area contributed by atoms with E-state index in [2.05, 4.69) is 15.3 Å². The Labute approximate surface area is 113 Å². The summed E-state index contributed by atoms with van der Waals surface area (Å²) in [6.45, 7) is 0.609. The minimum Gasteiger partial charge on any atom is -0.352 e. The molecule has 0 aliphatic rings. The van der Waals surface area contributed by atoms with Crippen molar-refractivity contribution in [2.75, 3.05) is 13.1 Å². The summed E-state index contributed by atoms with van der Waals surface area (Å²) in [5.74, 6) is -1.41. The molecule has 0 fully saturated rings. The molecule has 1 N–H and O–H groups in total. The van der Waals surface area contributed by atoms with Gasteiger partial charge in [0.1, 0.15) is 11.4 Å². The van der Waals surface area contributed by atoms with Gasteiger partial charge in [-0.25, -0.2) is 4.39 Å². The Hall–Kier alpha value is -2.67. The molecular formula is C11H12FN5O3. The highest BCUT2D eigenvalue weighted by Crippen LogP contribution is 2.19. The highest BCUT2D eigenvalue weighted by molar-refractivity contribution is 5.98. The van der Waals surface area contributed by atoms with E-state index in [4.69, 9.17) is 5.53 Å². The van der Waals surface area contributed by atoms with Gasteiger partial charge in [0.05, 0.1) is 11.0 Å². The number of benzene rings is 1. The van der Waals surface area contributed by atoms with E-state index in [0.29, 0.717) is 25.5 Å². The third kappa shape index (κ3) is 4.54. The van der Waals surface area contributed by atoms with Crippen LogP contribution in [0, 0.1) is 15.9 Å². The second-order valence-corrected chi connectivity index (χ2v) is 3.84. The van der Waals surface area contributed by atoms with Crippen LogP contribution in [-0.4, -0.2) is 23.9 Å². The van der Waals surface area contributed by atoms with Crippen molar-refractivity contribution in [3.8, 4) is 0 Å². The Morgan fingerprint density at radius 1 is 1.50 bits per heavy atom. The van der Waals surface area contributed by atoms with Gasteiger partial charge >= 0.3 is 0 Å². The molecule has 0 atom stereocenters. The molecule has 1 rings (SSSR count). The van der Waals surface area contributed by atoms with Crippen LogP contribution in [0.4, 0.5) is 10.1 Å². The Morgan fingerprint density at radius 3 is 2.90 bits per heavy atom. The van der Waals surface area contributed by atoms with Crippen LogP contribution in [0.5, 0.6) is 0 Å². The van der Waals surface area contributed by atoms with Crippen molar-refractivity contribution in [2.45, 2.75) is 12.8 Å². The fourth-order valence-electron chi connectivity index (χ4n) is 1.50. The molecule has 1 aromatic carbocycles. The SMILES string of the molecule is [N-]=[N+]=NCCCCNC(=O)c1ccc(F)cc1[N+](=O)[O-]. The van der Waals surface area contributed by atoms with Crippen LogP contribution in [-0.2, 0) is 0 Å². The minimum atomic E-state index is -0.806. The van der Waals surface area contributed by atoms with Crippen LogP contribution in [0.25, 0.3) is 10.4 Å². The summed E-state index contributed by atoms with van der Waals surface area (Å²) in [7, 11) is 0. The van der Waals surface area contributed by atoms with Crippen molar-refractivity contribution in [1.82, 2.24) is 5.32 Å². The Balaban J connectivity index is 2.59. The topological polar surface area (TPSA) is 121 Å². The molecule has 0 spiro atoms. The number of nitro benzene ring substituents is 1. The van der Waals surface area contributed by atoms with E-state index >= 15 is 0 Å². The van der Waals surface area contributed by atoms with Gasteiger partial charge in [-0.1, -0.05) is 5.11 Å². The first-order valence-corrected chi connectivity index (χ1v) is 5.79. The predicted octanol–water partition coefficient (Wildman–Crippen LogP) is 2.55. The molecule has 0 aromatic heterocycles. The maximum atomic E-state index is 12.9. The van der Waals surface area contributed by atoms with Gasteiger partial charge in [0.2, 0.25) is 0 Å². The van der Waals surface area contributed by atoms with Crippen LogP contribution in [0.3, 0.4) is 0 Å². The lowest BCUT2D eigenvalue weighted by Gasteiger charge is -2.05. The summed E-state index contributed by atoms with van der Waals surface area (Å²) in [6.07, 6.45) is 1.16. The molecule has 8 nitrogen and oxygen atoms in total. The molecule has 1 aromatic rings. The van der Waals surface area contributed by atoms with Crippen molar-refractivity contribution in [1.29, 1.82) is 0 Å². The van der Waals surface area contributed by atoms with E-state index in [-0.39, 0.29) is 12.1 Å². The van der Waals surface area contributed by atoms with Gasteiger partial charge in [-0.05, 0) is 30.5 Å². The van der Waals surface area contributed by atoms with Gasteiger partial charge in [0, 0.05) is 18.0 Å². The van der Waals surface area contributed by atoms with E-state index < -0.39 is 22.3 Å². The summed E-state index contributed by atoms with van der Waals surface area (Å²) in [5.41, 5.74) is 7.30. The molecule has 1 amide bonds. The van der Waals surface area contributed by atoms with Crippen molar-refractivity contribution in [2.24, 2.45) is 5.11 Å². The Bertz CT molecular complexity index is 557. The number of nitro groups is 1. The average Bonchev–Trinajstić information content (AvgIpc) is 2.42. The zero-order chi connectivity index (χ0) is 15.0. The van der Waals surface area contributed by atoms with Crippen LogP contribution in [0.15, 0.2) is 23.3 Å². The monoisotopic (exact) mass is 281 g/mol. The van der Waals surface area contributed by atoms with Crippen molar-refractivity contribution in [3.05, 3.63) is 50.1 Å². The van der Waals surface area contributed by atoms with E-state index in [1.807, 2.05) is 0 Å². The van der Waals surface area contributed by atoms with Crippen LogP contribution >= 0.6 is 0 Å². The van der Waals surface area contributed by atoms with E-state index in [1.165, 1.54) is 0 Å². The van der Waals surface area contributed by atoms with E-state index in [0.717, 1.165) is 12.1 Å². The lowest BCUT2D eigenvalue weighted by Crippen LogP contribution is -2.25. The first-order chi connectivity index (χ1) is 9.56. The summed E-state index contributed by atoms with van der Waals surface area (Å²) in [6, 6.07) is 2.77. The summed E-state index contributed by atoms with van der Waals surface area (Å²) in [5, 5.41) is 16.6. The lowest BCUT2D eigenvalue weighted by atomic mass is 10.1. The maximum absolute atomic E-state index is 12.9. The van der Waals surface area contributed by atoms with Gasteiger partial charge in [-0.3, -0.25) is 14.9 Å². The van der Waals surface area contributed by atoms with Crippen LogP contribution in [0.1, 0.15) is 23.2 Å². The lowest BCUT2D eigenvalue weighted by molar-refractivity contribution is -0.385. The predicted molar refractivity (Wildman–Crippen MR) is 68.6 cm³/mol. The standard InChI is InChI=1S/C11H12FN5O3/c12-8-3-4-9(10(7-8)17(19)20)11(18)14-5-1-2-6-15-16-13/h3-4,7H,1-2,5-6H2,(H,14,18). The normalized spacial score (nSPS) is 9.65. The molecule has 0 bridgehead atoms. The number of carbonyl (C=O) groups excluding carboxylic acids is 1. The molecule has 0 radical (unpaired) electrons. The van der Waals surface area contributed by atoms with E-state index in [1.54, 1.807) is 0 Å². The number of hydrogen-bond acceptors (Lipinski definition) is 4. The fourth-order valence-corrected chi connectivity index (χ4v) is 1.50. The number of nitrogens with one attached hydrogen (secondary N) is 1. The number of rotatable bonds is 7. The highest BCUT2D eigenvalue weighted by atomic mass is 19.1. The van der Waals surface area contributed by atoms with Gasteiger partial charge in [0.25, 0.3) is 11.6 Å². The molecule has 9 heteroatoms. The van der Waals surface area contributed by atoms with Gasteiger partial charge in [-0.2, -0.15) is 0 Å². The Morgan fingerprint density at radius 2 is 2.25 bits per heavy atom. The molecule has 0 heterocycles. The maximum Gasteiger partial charge on any atom is 0.285 e. The van der Waals surface area contributed by atoms with Gasteiger partial charge < -0.3 is 5.32 Å². The number of azide groups is 1. The first kappa shape index (κ1) is 15.4. The molecule has 0 aliphatic heterocycles. The summed E-state index contributed by atoms with van der Waals surface area (Å²) >= 11 is 0. The third-order valence-corrected chi connectivity index (χ3v) is 2.43. The first-order valence-electron chi connectivity index (χ1n) is 5.79. The second kappa shape index (κ2) is 7.70. The number of nitrogens with zero attached hydrogens (tertiary/aromatic N) is 4. The largest absolute Gasteiger partial charge is 0.352 e. The zero-order valence-corrected chi connectivity index (χ0v) is 10.5. The quantitative estimate of drug-likeness (QED) is 0.206. The molecule has 20 heavy (non-hydrogen) atoms. The third-order valence-electron chi connectivity index (χ3n) is 2.43. The number of hydrogen-bond donors (Lipinski definition) is 1. The van der Waals surface area contributed by atoms with Crippen LogP contribution in [0.2, 0.25) is 0 Å². The molecule has 0 saturated carbocycles. The van der Waals surface area contributed by atoms with Crippen LogP contribution < -0.4 is 5.32 Å². The number of unbranched alkanes of at least 4 members (excludes halogenated alkanes) is 1. The minimum absolute atomic E-state index is 0.188. The zero-order valence-electron chi connectivity index (χ0n) is 10.5. The molecule has 0 aliphatic carbocycles. The van der Waals surface area contributed by atoms with Gasteiger partial charge in [-0.15, -0.1) is 0 Å². The molecular weight excluding hydrogens is 269 g/mol. The average molecular weight is 281 g/mol. The Kier molecular flexibility index (Phi) is 5.92. The summed E-state index contributed by atoms with van der Waals surface area (Å²) in [4.78, 5) is 24.3. The summed E-state index contributed by atoms with van der Waals surface area (Å²) < 4.78 is 12.9. The van der Waals surface area contributed by atoms with Crippen molar-refractivity contribution >= 4 is 11.6 Å². The number of halogens is 1. The number of amides is 1. The molecule has 106 valence electrons. The van der Waals surface area contributed by atoms with Gasteiger partial charge in [0.15, 0.2) is 0 Å². The van der Waals surface area contributed by atoms with Crippen molar-refractivity contribution < 1.29 is 14.1 Å². The second-order valence-electron chi connectivity index (χ2n) is 3.84. The number of carbonyl (C=O) groups is 1. The highest BCUT2D eigenvalue weighted by Gasteiger charge is 2.20. The molecule has 0 unspecified atom stereocenters. The molecule has 0 saturated heterocycles. The smallest absolute Gasteiger partial charge is 0.285 e.